The average Bonchev–Trinajstić information content (AvgIpc) is 2.42. The van der Waals surface area contributed by atoms with Gasteiger partial charge in [0.2, 0.25) is 0 Å². The Morgan fingerprint density at radius 1 is 1.15 bits per heavy atom. The zero-order valence-corrected chi connectivity index (χ0v) is 13.0. The largest absolute Gasteiger partial charge is 0.399 e. The lowest BCUT2D eigenvalue weighted by Crippen LogP contribution is -2.13. The van der Waals surface area contributed by atoms with E-state index >= 15 is 0 Å². The summed E-state index contributed by atoms with van der Waals surface area (Å²) < 4.78 is 27.0. The SMILES string of the molecule is CSc1ccc(NS(=O)(=O)c2cc(N)ccc2Cl)cc1. The van der Waals surface area contributed by atoms with E-state index in [0.717, 1.165) is 4.90 Å². The lowest BCUT2D eigenvalue weighted by atomic mass is 10.3. The van der Waals surface area contributed by atoms with Gasteiger partial charge in [-0.15, -0.1) is 11.8 Å². The molecule has 0 radical (unpaired) electrons. The highest BCUT2D eigenvalue weighted by molar-refractivity contribution is 7.98. The van der Waals surface area contributed by atoms with E-state index in [4.69, 9.17) is 17.3 Å². The summed E-state index contributed by atoms with van der Waals surface area (Å²) in [5.74, 6) is 0. The summed E-state index contributed by atoms with van der Waals surface area (Å²) >= 11 is 7.50. The number of rotatable bonds is 4. The third kappa shape index (κ3) is 3.39. The molecule has 0 spiro atoms. The molecule has 0 aliphatic carbocycles. The van der Waals surface area contributed by atoms with E-state index in [1.54, 1.807) is 30.0 Å². The maximum atomic E-state index is 12.3. The molecule has 106 valence electrons. The monoisotopic (exact) mass is 328 g/mol. The van der Waals surface area contributed by atoms with Crippen molar-refractivity contribution < 1.29 is 8.42 Å². The minimum atomic E-state index is -3.75. The van der Waals surface area contributed by atoms with Crippen molar-refractivity contribution in [1.82, 2.24) is 0 Å². The Balaban J connectivity index is 2.32. The number of halogens is 1. The highest BCUT2D eigenvalue weighted by atomic mass is 35.5. The Labute approximate surface area is 127 Å². The predicted molar refractivity (Wildman–Crippen MR) is 84.9 cm³/mol. The van der Waals surface area contributed by atoms with Gasteiger partial charge in [-0.25, -0.2) is 8.42 Å². The molecule has 0 aromatic heterocycles. The molecule has 0 heterocycles. The second kappa shape index (κ2) is 5.95. The first-order valence-corrected chi connectivity index (χ1v) is 8.73. The van der Waals surface area contributed by atoms with Crippen LogP contribution in [0.15, 0.2) is 52.3 Å². The summed E-state index contributed by atoms with van der Waals surface area (Å²) in [6, 6.07) is 11.4. The maximum absolute atomic E-state index is 12.3. The Kier molecular flexibility index (Phi) is 4.47. The van der Waals surface area contributed by atoms with E-state index < -0.39 is 10.0 Å². The van der Waals surface area contributed by atoms with Crippen LogP contribution >= 0.6 is 23.4 Å². The molecule has 2 aromatic carbocycles. The minimum absolute atomic E-state index is 0.0342. The van der Waals surface area contributed by atoms with Gasteiger partial charge in [-0.3, -0.25) is 4.72 Å². The molecule has 0 fully saturated rings. The van der Waals surface area contributed by atoms with E-state index in [-0.39, 0.29) is 9.92 Å². The Morgan fingerprint density at radius 2 is 1.80 bits per heavy atom. The van der Waals surface area contributed by atoms with Gasteiger partial charge in [0.25, 0.3) is 10.0 Å². The summed E-state index contributed by atoms with van der Waals surface area (Å²) in [6.07, 6.45) is 1.95. The number of nitrogens with one attached hydrogen (secondary N) is 1. The molecule has 0 aliphatic rings. The molecule has 2 aromatic rings. The number of hydrogen-bond acceptors (Lipinski definition) is 4. The smallest absolute Gasteiger partial charge is 0.263 e. The number of nitrogens with two attached hydrogens (primary N) is 1. The summed E-state index contributed by atoms with van der Waals surface area (Å²) in [6.45, 7) is 0. The molecule has 0 unspecified atom stereocenters. The van der Waals surface area contributed by atoms with Crippen molar-refractivity contribution in [2.75, 3.05) is 16.7 Å². The van der Waals surface area contributed by atoms with Gasteiger partial charge in [-0.05, 0) is 48.7 Å². The van der Waals surface area contributed by atoms with Gasteiger partial charge in [-0.1, -0.05) is 11.6 Å². The molecule has 0 amide bonds. The highest BCUT2D eigenvalue weighted by Crippen LogP contribution is 2.26. The number of hydrogen-bond donors (Lipinski definition) is 2. The maximum Gasteiger partial charge on any atom is 0.263 e. The first-order valence-electron chi connectivity index (χ1n) is 5.64. The fraction of sp³-hybridized carbons (Fsp3) is 0.0769. The third-order valence-corrected chi connectivity index (χ3v) is 5.19. The van der Waals surface area contributed by atoms with E-state index in [1.807, 2.05) is 18.4 Å². The first kappa shape index (κ1) is 15.0. The zero-order chi connectivity index (χ0) is 14.8. The van der Waals surface area contributed by atoms with Crippen LogP contribution in [-0.4, -0.2) is 14.7 Å². The van der Waals surface area contributed by atoms with Crippen LogP contribution < -0.4 is 10.5 Å². The van der Waals surface area contributed by atoms with Crippen molar-refractivity contribution in [2.45, 2.75) is 9.79 Å². The molecule has 0 aliphatic heterocycles. The van der Waals surface area contributed by atoms with Crippen molar-refractivity contribution in [3.05, 3.63) is 47.5 Å². The summed E-state index contributed by atoms with van der Waals surface area (Å²) in [4.78, 5) is 1.02. The molecule has 3 N–H and O–H groups in total. The van der Waals surface area contributed by atoms with E-state index in [2.05, 4.69) is 4.72 Å². The topological polar surface area (TPSA) is 72.2 Å². The van der Waals surface area contributed by atoms with E-state index in [0.29, 0.717) is 11.4 Å². The molecule has 4 nitrogen and oxygen atoms in total. The molecule has 2 rings (SSSR count). The van der Waals surface area contributed by atoms with Crippen LogP contribution in [0.4, 0.5) is 11.4 Å². The van der Waals surface area contributed by atoms with Crippen LogP contribution in [0.25, 0.3) is 0 Å². The van der Waals surface area contributed by atoms with Gasteiger partial charge < -0.3 is 5.73 Å². The molecule has 0 saturated heterocycles. The number of nitrogen functional groups attached to an aromatic ring is 1. The van der Waals surface area contributed by atoms with Crippen molar-refractivity contribution in [3.8, 4) is 0 Å². The number of benzene rings is 2. The van der Waals surface area contributed by atoms with Crippen LogP contribution in [-0.2, 0) is 10.0 Å². The van der Waals surface area contributed by atoms with Crippen molar-refractivity contribution in [2.24, 2.45) is 0 Å². The van der Waals surface area contributed by atoms with Crippen LogP contribution in [0, 0.1) is 0 Å². The second-order valence-corrected chi connectivity index (χ2v) is 6.96. The molecule has 0 atom stereocenters. The van der Waals surface area contributed by atoms with Crippen LogP contribution in [0.3, 0.4) is 0 Å². The Bertz CT molecular complexity index is 716. The van der Waals surface area contributed by atoms with Gasteiger partial charge in [0.1, 0.15) is 4.90 Å². The second-order valence-electron chi connectivity index (χ2n) is 4.02. The Hall–Kier alpha value is -1.37. The summed E-state index contributed by atoms with van der Waals surface area (Å²) in [7, 11) is -3.75. The van der Waals surface area contributed by atoms with Crippen LogP contribution in [0.2, 0.25) is 5.02 Å². The van der Waals surface area contributed by atoms with Gasteiger partial charge in [0, 0.05) is 16.3 Å². The van der Waals surface area contributed by atoms with Crippen LogP contribution in [0.5, 0.6) is 0 Å². The summed E-state index contributed by atoms with van der Waals surface area (Å²) in [5, 5.41) is 0.132. The van der Waals surface area contributed by atoms with Crippen molar-refractivity contribution in [1.29, 1.82) is 0 Å². The average molecular weight is 329 g/mol. The molecular formula is C13H13ClN2O2S2. The minimum Gasteiger partial charge on any atom is -0.399 e. The van der Waals surface area contributed by atoms with Gasteiger partial charge in [0.05, 0.1) is 5.02 Å². The first-order chi connectivity index (χ1) is 9.42. The molecule has 0 bridgehead atoms. The summed E-state index contributed by atoms with van der Waals surface area (Å²) in [5.41, 5.74) is 6.42. The van der Waals surface area contributed by atoms with E-state index in [9.17, 15) is 8.42 Å². The fourth-order valence-electron chi connectivity index (χ4n) is 1.60. The van der Waals surface area contributed by atoms with E-state index in [1.165, 1.54) is 12.1 Å². The van der Waals surface area contributed by atoms with Crippen molar-refractivity contribution in [3.63, 3.8) is 0 Å². The Morgan fingerprint density at radius 3 is 2.40 bits per heavy atom. The normalized spacial score (nSPS) is 11.3. The number of anilines is 2. The zero-order valence-electron chi connectivity index (χ0n) is 10.6. The van der Waals surface area contributed by atoms with Gasteiger partial charge >= 0.3 is 0 Å². The van der Waals surface area contributed by atoms with Crippen LogP contribution in [0.1, 0.15) is 0 Å². The quantitative estimate of drug-likeness (QED) is 0.666. The molecule has 20 heavy (non-hydrogen) atoms. The lowest BCUT2D eigenvalue weighted by molar-refractivity contribution is 0.601. The molecule has 0 saturated carbocycles. The highest BCUT2D eigenvalue weighted by Gasteiger charge is 2.18. The van der Waals surface area contributed by atoms with Crippen molar-refractivity contribution >= 4 is 44.8 Å². The lowest BCUT2D eigenvalue weighted by Gasteiger charge is -2.10. The standard InChI is InChI=1S/C13H13ClN2O2S2/c1-19-11-5-3-10(4-6-11)16-20(17,18)13-8-9(15)2-7-12(13)14/h2-8,16H,15H2,1H3. The molecular weight excluding hydrogens is 316 g/mol. The number of thioether (sulfide) groups is 1. The predicted octanol–water partition coefficient (Wildman–Crippen LogP) is 3.44. The third-order valence-electron chi connectivity index (χ3n) is 2.59. The van der Waals surface area contributed by atoms with Gasteiger partial charge in [0.15, 0.2) is 0 Å². The number of sulfonamides is 1. The van der Waals surface area contributed by atoms with Gasteiger partial charge in [-0.2, -0.15) is 0 Å². The molecule has 7 heteroatoms. The fourth-order valence-corrected chi connectivity index (χ4v) is 3.60.